The molecule has 0 fully saturated rings. The van der Waals surface area contributed by atoms with E-state index in [4.69, 9.17) is 0 Å². The number of hydrogen-bond acceptors (Lipinski definition) is 0. The molecule has 66 valence electrons. The van der Waals surface area contributed by atoms with Gasteiger partial charge in [-0.1, -0.05) is 20.1 Å². The summed E-state index contributed by atoms with van der Waals surface area (Å²) in [5, 5.41) is 2.10. The summed E-state index contributed by atoms with van der Waals surface area (Å²) >= 11 is 0. The van der Waals surface area contributed by atoms with E-state index in [2.05, 4.69) is 38.5 Å². The lowest BCUT2D eigenvalue weighted by atomic mass is 10.0. The molecule has 0 amide bonds. The van der Waals surface area contributed by atoms with E-state index in [1.165, 1.54) is 0 Å². The molecule has 0 saturated heterocycles. The third-order valence-electron chi connectivity index (χ3n) is 2.51. The van der Waals surface area contributed by atoms with E-state index in [0.29, 0.717) is 0 Å². The minimum atomic E-state index is 0.137. The maximum atomic E-state index is 3.98. The average Bonchev–Trinajstić information content (AvgIpc) is 2.31. The monoisotopic (exact) mass is 163 g/mol. The summed E-state index contributed by atoms with van der Waals surface area (Å²) in [6.45, 7) is 14.5. The summed E-state index contributed by atoms with van der Waals surface area (Å²) in [7, 11) is 0. The lowest BCUT2D eigenvalue weighted by molar-refractivity contribution is 0.330. The first-order valence-corrected chi connectivity index (χ1v) is 4.35. The molecule has 0 N–H and O–H groups in total. The zero-order valence-corrected chi connectivity index (χ0v) is 8.22. The van der Waals surface area contributed by atoms with E-state index in [0.717, 1.165) is 17.1 Å². The van der Waals surface area contributed by atoms with Crippen molar-refractivity contribution in [2.24, 2.45) is 0 Å². The zero-order chi connectivity index (χ0) is 9.35. The van der Waals surface area contributed by atoms with Crippen molar-refractivity contribution < 1.29 is 0 Å². The first-order valence-electron chi connectivity index (χ1n) is 4.35. The minimum Gasteiger partial charge on any atom is -0.337 e. The summed E-state index contributed by atoms with van der Waals surface area (Å²) in [4.78, 5) is 0. The molecular weight excluding hydrogens is 146 g/mol. The second kappa shape index (κ2) is 2.81. The molecule has 0 saturated carbocycles. The Morgan fingerprint density at radius 2 is 1.67 bits per heavy atom. The van der Waals surface area contributed by atoms with Crippen molar-refractivity contribution in [1.29, 1.82) is 0 Å². The van der Waals surface area contributed by atoms with Gasteiger partial charge in [0, 0.05) is 16.2 Å². The standard InChI is InChI=1S/C11H17N/c1-6-11(4,5)12-9(2)7-8-10(12)3/h7-8H,2-3,6H2,1,4-5H3. The molecule has 0 aliphatic rings. The summed E-state index contributed by atoms with van der Waals surface area (Å²) in [6.07, 6.45) is 1.09. The van der Waals surface area contributed by atoms with Crippen LogP contribution in [-0.2, 0) is 5.54 Å². The van der Waals surface area contributed by atoms with E-state index in [-0.39, 0.29) is 5.54 Å². The van der Waals surface area contributed by atoms with Crippen molar-refractivity contribution in [2.45, 2.75) is 32.7 Å². The largest absolute Gasteiger partial charge is 0.337 e. The van der Waals surface area contributed by atoms with Gasteiger partial charge >= 0.3 is 0 Å². The van der Waals surface area contributed by atoms with E-state index in [1.807, 2.05) is 12.1 Å². The van der Waals surface area contributed by atoms with Crippen LogP contribution in [-0.4, -0.2) is 4.57 Å². The Bertz CT molecular complexity index is 329. The molecule has 0 spiro atoms. The molecule has 1 aromatic rings. The van der Waals surface area contributed by atoms with E-state index in [9.17, 15) is 0 Å². The lowest BCUT2D eigenvalue weighted by Crippen LogP contribution is -2.40. The molecule has 0 aliphatic heterocycles. The van der Waals surface area contributed by atoms with Gasteiger partial charge in [0.1, 0.15) is 0 Å². The van der Waals surface area contributed by atoms with Crippen molar-refractivity contribution in [3.05, 3.63) is 22.8 Å². The van der Waals surface area contributed by atoms with Gasteiger partial charge in [-0.25, -0.2) is 0 Å². The fourth-order valence-corrected chi connectivity index (χ4v) is 1.46. The Morgan fingerprint density at radius 1 is 1.25 bits per heavy atom. The summed E-state index contributed by atoms with van der Waals surface area (Å²) in [6, 6.07) is 4.03. The maximum Gasteiger partial charge on any atom is 0.0392 e. The van der Waals surface area contributed by atoms with Crippen LogP contribution in [0, 0.1) is 0 Å². The molecule has 0 radical (unpaired) electrons. The van der Waals surface area contributed by atoms with Gasteiger partial charge in [-0.2, -0.15) is 0 Å². The highest BCUT2D eigenvalue weighted by Gasteiger charge is 2.17. The Balaban J connectivity index is 3.36. The van der Waals surface area contributed by atoms with Crippen molar-refractivity contribution in [2.75, 3.05) is 0 Å². The zero-order valence-electron chi connectivity index (χ0n) is 8.22. The van der Waals surface area contributed by atoms with Crippen LogP contribution >= 0.6 is 0 Å². The number of nitrogens with zero attached hydrogens (tertiary/aromatic N) is 1. The number of aromatic nitrogens is 1. The fourth-order valence-electron chi connectivity index (χ4n) is 1.46. The highest BCUT2D eigenvalue weighted by Crippen LogP contribution is 2.14. The van der Waals surface area contributed by atoms with Crippen LogP contribution in [0.4, 0.5) is 0 Å². The second-order valence-corrected chi connectivity index (χ2v) is 3.82. The molecule has 1 nitrogen and oxygen atoms in total. The van der Waals surface area contributed by atoms with E-state index in [1.54, 1.807) is 0 Å². The summed E-state index contributed by atoms with van der Waals surface area (Å²) in [5.74, 6) is 0. The molecule has 0 unspecified atom stereocenters. The molecule has 1 aromatic heterocycles. The van der Waals surface area contributed by atoms with Gasteiger partial charge in [0.15, 0.2) is 0 Å². The number of rotatable bonds is 2. The Hall–Kier alpha value is -0.980. The predicted octanol–water partition coefficient (Wildman–Crippen LogP) is 1.45. The van der Waals surface area contributed by atoms with Crippen LogP contribution in [0.25, 0.3) is 13.2 Å². The third-order valence-corrected chi connectivity index (χ3v) is 2.51. The molecule has 1 rings (SSSR count). The highest BCUT2D eigenvalue weighted by atomic mass is 15.0. The smallest absolute Gasteiger partial charge is 0.0392 e. The first-order chi connectivity index (χ1) is 5.49. The van der Waals surface area contributed by atoms with Crippen molar-refractivity contribution >= 4 is 13.2 Å². The molecule has 12 heavy (non-hydrogen) atoms. The Kier molecular flexibility index (Phi) is 2.14. The highest BCUT2D eigenvalue weighted by molar-refractivity contribution is 5.11. The van der Waals surface area contributed by atoms with Gasteiger partial charge in [0.2, 0.25) is 0 Å². The Labute approximate surface area is 74.0 Å². The van der Waals surface area contributed by atoms with Crippen molar-refractivity contribution in [1.82, 2.24) is 4.57 Å². The van der Waals surface area contributed by atoms with Crippen LogP contribution in [0.2, 0.25) is 0 Å². The van der Waals surface area contributed by atoms with Crippen LogP contribution in [0.1, 0.15) is 27.2 Å². The molecule has 1 heteroatoms. The third kappa shape index (κ3) is 1.31. The van der Waals surface area contributed by atoms with Crippen molar-refractivity contribution in [3.8, 4) is 0 Å². The minimum absolute atomic E-state index is 0.137. The first kappa shape index (κ1) is 9.11. The van der Waals surface area contributed by atoms with Gasteiger partial charge in [-0.3, -0.25) is 0 Å². The topological polar surface area (TPSA) is 4.93 Å². The lowest BCUT2D eigenvalue weighted by Gasteiger charge is -2.26. The SMILES string of the molecule is C=c1ccc(=C)n1C(C)(C)CC. The van der Waals surface area contributed by atoms with Crippen molar-refractivity contribution in [3.63, 3.8) is 0 Å². The molecule has 0 atom stereocenters. The van der Waals surface area contributed by atoms with Crippen LogP contribution in [0.3, 0.4) is 0 Å². The maximum absolute atomic E-state index is 3.98. The average molecular weight is 163 g/mol. The molecule has 0 aromatic carbocycles. The van der Waals surface area contributed by atoms with E-state index < -0.39 is 0 Å². The van der Waals surface area contributed by atoms with Gasteiger partial charge in [0.05, 0.1) is 0 Å². The van der Waals surface area contributed by atoms with Crippen LogP contribution in [0.15, 0.2) is 12.1 Å². The molecule has 0 bridgehead atoms. The predicted molar refractivity (Wildman–Crippen MR) is 54.3 cm³/mol. The summed E-state index contributed by atoms with van der Waals surface area (Å²) < 4.78 is 2.19. The summed E-state index contributed by atoms with van der Waals surface area (Å²) in [5.41, 5.74) is 0.137. The van der Waals surface area contributed by atoms with Gasteiger partial charge in [-0.15, -0.1) is 0 Å². The van der Waals surface area contributed by atoms with Gasteiger partial charge in [-0.05, 0) is 32.4 Å². The van der Waals surface area contributed by atoms with Gasteiger partial charge < -0.3 is 4.57 Å². The van der Waals surface area contributed by atoms with E-state index >= 15 is 0 Å². The van der Waals surface area contributed by atoms with Crippen LogP contribution < -0.4 is 10.7 Å². The van der Waals surface area contributed by atoms with Gasteiger partial charge in [0.25, 0.3) is 0 Å². The fraction of sp³-hybridized carbons (Fsp3) is 0.455. The van der Waals surface area contributed by atoms with Crippen LogP contribution in [0.5, 0.6) is 0 Å². The molecule has 0 aliphatic carbocycles. The Morgan fingerprint density at radius 3 is 2.00 bits per heavy atom. The molecular formula is C11H17N. The number of hydrogen-bond donors (Lipinski definition) is 0. The molecule has 1 heterocycles. The second-order valence-electron chi connectivity index (χ2n) is 3.82. The quantitative estimate of drug-likeness (QED) is 0.622. The normalized spacial score (nSPS) is 11.9.